The Morgan fingerprint density at radius 2 is 2.25 bits per heavy atom. The van der Waals surface area contributed by atoms with Gasteiger partial charge in [0.15, 0.2) is 0 Å². The van der Waals surface area contributed by atoms with Crippen LogP contribution in [0.1, 0.15) is 19.8 Å². The maximum absolute atomic E-state index is 13.4. The number of hydrogen-bond donors (Lipinski definition) is 0. The molecule has 0 aromatic heterocycles. The fourth-order valence-electron chi connectivity index (χ4n) is 1.93. The van der Waals surface area contributed by atoms with Crippen LogP contribution in [0.25, 0.3) is 0 Å². The van der Waals surface area contributed by atoms with Crippen LogP contribution in [-0.4, -0.2) is 17.5 Å². The molecule has 0 unspecified atom stereocenters. The Morgan fingerprint density at radius 3 is 2.75 bits per heavy atom. The van der Waals surface area contributed by atoms with Crippen molar-refractivity contribution in [3.8, 4) is 0 Å². The lowest BCUT2D eigenvalue weighted by Gasteiger charge is -2.22. The quantitative estimate of drug-likeness (QED) is 0.583. The van der Waals surface area contributed by atoms with Crippen molar-refractivity contribution in [2.24, 2.45) is 0 Å². The molecule has 0 N–H and O–H groups in total. The normalized spacial score (nSPS) is 14.9. The third-order valence-corrected chi connectivity index (χ3v) is 2.79. The van der Waals surface area contributed by atoms with Crippen molar-refractivity contribution in [1.82, 2.24) is 0 Å². The number of nitro groups is 1. The molecule has 2 rings (SSSR count). The number of benzene rings is 1. The van der Waals surface area contributed by atoms with Crippen molar-refractivity contribution in [2.75, 3.05) is 11.4 Å². The highest BCUT2D eigenvalue weighted by Gasteiger charge is 2.33. The summed E-state index contributed by atoms with van der Waals surface area (Å²) in [4.78, 5) is 12.1. The maximum atomic E-state index is 13.4. The number of nitro benzene ring substituents is 1. The minimum atomic E-state index is -0.762. The summed E-state index contributed by atoms with van der Waals surface area (Å²) in [5, 5.41) is 10.8. The summed E-state index contributed by atoms with van der Waals surface area (Å²) >= 11 is 0. The average molecular weight is 224 g/mol. The standard InChI is InChI=1S/C11H13FN2O2/c1-2-13(8-6-7-8)10-5-3-4-9(12)11(10)14(15)16/h3-5,8H,2,6-7H2,1H3. The van der Waals surface area contributed by atoms with E-state index in [1.165, 1.54) is 6.07 Å². The number of halogens is 1. The molecular weight excluding hydrogens is 211 g/mol. The first kappa shape index (κ1) is 10.9. The van der Waals surface area contributed by atoms with E-state index < -0.39 is 16.4 Å². The third-order valence-electron chi connectivity index (χ3n) is 2.79. The molecule has 0 saturated heterocycles. The van der Waals surface area contributed by atoms with Gasteiger partial charge in [0.05, 0.1) is 4.92 Å². The van der Waals surface area contributed by atoms with E-state index in [2.05, 4.69) is 0 Å². The summed E-state index contributed by atoms with van der Waals surface area (Å²) in [5.41, 5.74) is -0.00810. The predicted octanol–water partition coefficient (Wildman–Crippen LogP) is 2.72. The SMILES string of the molecule is CCN(c1cccc(F)c1[N+](=O)[O-])C1CC1. The van der Waals surface area contributed by atoms with Crippen LogP contribution in [0.4, 0.5) is 15.8 Å². The van der Waals surface area contributed by atoms with Gasteiger partial charge in [0.25, 0.3) is 0 Å². The summed E-state index contributed by atoms with van der Waals surface area (Å²) in [5.74, 6) is -0.762. The molecule has 0 heterocycles. The first-order chi connectivity index (χ1) is 7.65. The summed E-state index contributed by atoms with van der Waals surface area (Å²) in [6, 6.07) is 4.60. The summed E-state index contributed by atoms with van der Waals surface area (Å²) in [6.45, 7) is 2.59. The number of nitrogens with zero attached hydrogens (tertiary/aromatic N) is 2. The molecule has 0 aliphatic heterocycles. The molecule has 1 aromatic rings. The molecule has 1 fully saturated rings. The third kappa shape index (κ3) is 1.85. The van der Waals surface area contributed by atoms with E-state index in [0.29, 0.717) is 18.3 Å². The van der Waals surface area contributed by atoms with Crippen molar-refractivity contribution in [1.29, 1.82) is 0 Å². The molecule has 0 bridgehead atoms. The van der Waals surface area contributed by atoms with Gasteiger partial charge in [0.1, 0.15) is 5.69 Å². The molecule has 16 heavy (non-hydrogen) atoms. The second kappa shape index (κ2) is 4.08. The van der Waals surface area contributed by atoms with Gasteiger partial charge in [0, 0.05) is 12.6 Å². The van der Waals surface area contributed by atoms with E-state index in [4.69, 9.17) is 0 Å². The molecule has 1 aliphatic rings. The fraction of sp³-hybridized carbons (Fsp3) is 0.455. The lowest BCUT2D eigenvalue weighted by molar-refractivity contribution is -0.386. The Bertz CT molecular complexity index is 418. The molecule has 0 atom stereocenters. The zero-order valence-corrected chi connectivity index (χ0v) is 9.02. The number of hydrogen-bond acceptors (Lipinski definition) is 3. The molecule has 1 aliphatic carbocycles. The molecular formula is C11H13FN2O2. The van der Waals surface area contributed by atoms with E-state index in [0.717, 1.165) is 18.9 Å². The molecule has 1 saturated carbocycles. The minimum absolute atomic E-state index is 0.338. The Hall–Kier alpha value is -1.65. The van der Waals surface area contributed by atoms with Gasteiger partial charge in [-0.3, -0.25) is 10.1 Å². The van der Waals surface area contributed by atoms with E-state index in [1.54, 1.807) is 6.07 Å². The lowest BCUT2D eigenvalue weighted by Crippen LogP contribution is -2.26. The van der Waals surface area contributed by atoms with Crippen molar-refractivity contribution < 1.29 is 9.31 Å². The Morgan fingerprint density at radius 1 is 1.56 bits per heavy atom. The molecule has 0 radical (unpaired) electrons. The topological polar surface area (TPSA) is 46.4 Å². The zero-order valence-electron chi connectivity index (χ0n) is 9.02. The maximum Gasteiger partial charge on any atom is 0.327 e. The number of para-hydroxylation sites is 1. The van der Waals surface area contributed by atoms with Crippen molar-refractivity contribution in [3.63, 3.8) is 0 Å². The smallest absolute Gasteiger partial charge is 0.327 e. The summed E-state index contributed by atoms with van der Waals surface area (Å²) in [7, 11) is 0. The van der Waals surface area contributed by atoms with Gasteiger partial charge in [-0.2, -0.15) is 4.39 Å². The van der Waals surface area contributed by atoms with Gasteiger partial charge >= 0.3 is 5.69 Å². The average Bonchev–Trinajstić information content (AvgIpc) is 3.02. The van der Waals surface area contributed by atoms with Crippen LogP contribution >= 0.6 is 0 Å². The predicted molar refractivity (Wildman–Crippen MR) is 59.1 cm³/mol. The van der Waals surface area contributed by atoms with Gasteiger partial charge in [-0.1, -0.05) is 6.07 Å². The number of anilines is 1. The molecule has 5 heteroatoms. The largest absolute Gasteiger partial charge is 0.363 e. The first-order valence-corrected chi connectivity index (χ1v) is 5.34. The zero-order chi connectivity index (χ0) is 11.7. The molecule has 4 nitrogen and oxygen atoms in total. The van der Waals surface area contributed by atoms with Crippen LogP contribution in [0.15, 0.2) is 18.2 Å². The van der Waals surface area contributed by atoms with Gasteiger partial charge < -0.3 is 4.90 Å². The van der Waals surface area contributed by atoms with Gasteiger partial charge in [-0.15, -0.1) is 0 Å². The summed E-state index contributed by atoms with van der Waals surface area (Å²) in [6.07, 6.45) is 2.06. The first-order valence-electron chi connectivity index (χ1n) is 5.34. The fourth-order valence-corrected chi connectivity index (χ4v) is 1.93. The van der Waals surface area contributed by atoms with Crippen LogP contribution in [-0.2, 0) is 0 Å². The lowest BCUT2D eigenvalue weighted by atomic mass is 10.2. The van der Waals surface area contributed by atoms with Crippen molar-refractivity contribution in [3.05, 3.63) is 34.1 Å². The molecule has 86 valence electrons. The monoisotopic (exact) mass is 224 g/mol. The van der Waals surface area contributed by atoms with E-state index in [-0.39, 0.29) is 0 Å². The van der Waals surface area contributed by atoms with Gasteiger partial charge in [-0.25, -0.2) is 0 Å². The Balaban J connectivity index is 2.45. The van der Waals surface area contributed by atoms with Crippen LogP contribution in [0, 0.1) is 15.9 Å². The van der Waals surface area contributed by atoms with Crippen molar-refractivity contribution in [2.45, 2.75) is 25.8 Å². The summed E-state index contributed by atoms with van der Waals surface area (Å²) < 4.78 is 13.4. The Labute approximate surface area is 92.8 Å². The van der Waals surface area contributed by atoms with Crippen LogP contribution in [0.5, 0.6) is 0 Å². The molecule has 1 aromatic carbocycles. The molecule has 0 amide bonds. The van der Waals surface area contributed by atoms with Gasteiger partial charge in [0.2, 0.25) is 5.82 Å². The van der Waals surface area contributed by atoms with Gasteiger partial charge in [-0.05, 0) is 31.9 Å². The highest BCUT2D eigenvalue weighted by Crippen LogP contribution is 2.37. The second-order valence-corrected chi connectivity index (χ2v) is 3.88. The number of rotatable bonds is 4. The van der Waals surface area contributed by atoms with E-state index in [9.17, 15) is 14.5 Å². The van der Waals surface area contributed by atoms with E-state index in [1.807, 2.05) is 11.8 Å². The Kier molecular flexibility index (Phi) is 2.77. The van der Waals surface area contributed by atoms with Crippen LogP contribution in [0.2, 0.25) is 0 Å². The van der Waals surface area contributed by atoms with Crippen LogP contribution < -0.4 is 4.90 Å². The van der Waals surface area contributed by atoms with Crippen molar-refractivity contribution >= 4 is 11.4 Å². The minimum Gasteiger partial charge on any atom is -0.363 e. The second-order valence-electron chi connectivity index (χ2n) is 3.88. The highest BCUT2D eigenvalue weighted by molar-refractivity contribution is 5.64. The van der Waals surface area contributed by atoms with E-state index >= 15 is 0 Å². The molecule has 0 spiro atoms. The van der Waals surface area contributed by atoms with Crippen LogP contribution in [0.3, 0.4) is 0 Å². The highest BCUT2D eigenvalue weighted by atomic mass is 19.1.